The van der Waals surface area contributed by atoms with Crippen LogP contribution in [0.3, 0.4) is 0 Å². The molecule has 3 amide bonds. The Labute approximate surface area is 181 Å². The van der Waals surface area contributed by atoms with Crippen LogP contribution in [0, 0.1) is 5.92 Å². The number of nitrogens with zero attached hydrogens (tertiary/aromatic N) is 1. The topological polar surface area (TPSA) is 142 Å². The largest absolute Gasteiger partial charge is 0.443 e. The van der Waals surface area contributed by atoms with Gasteiger partial charge in [-0.3, -0.25) is 9.59 Å². The van der Waals surface area contributed by atoms with Gasteiger partial charge in [0.05, 0.1) is 11.6 Å². The van der Waals surface area contributed by atoms with Crippen molar-refractivity contribution in [2.75, 3.05) is 6.54 Å². The smallest absolute Gasteiger partial charge is 0.417 e. The number of amides is 3. The normalized spacial score (nSPS) is 18.3. The molecular weight excluding hydrogens is 384 g/mol. The number of imide groups is 1. The third-order valence-electron chi connectivity index (χ3n) is 5.86. The highest BCUT2D eigenvalue weighted by Crippen LogP contribution is 2.40. The fourth-order valence-electron chi connectivity index (χ4n) is 4.26. The molecular formula is C22H42N4O4. The Morgan fingerprint density at radius 2 is 1.70 bits per heavy atom. The highest BCUT2D eigenvalue weighted by Gasteiger charge is 2.48. The molecule has 1 unspecified atom stereocenters. The quantitative estimate of drug-likeness (QED) is 0.459. The van der Waals surface area contributed by atoms with E-state index < -0.39 is 41.0 Å². The van der Waals surface area contributed by atoms with Crippen LogP contribution in [-0.2, 0) is 14.3 Å². The van der Waals surface area contributed by atoms with Crippen LogP contribution in [-0.4, -0.2) is 46.5 Å². The standard InChI is InChI=1S/C22H42N4O4/c1-5-16(18(25)27)15-22(12-8-6-9-13-22)26(20(29)30-21(2,3)4)19(28)17(24)11-7-10-14-23/h16-17H,5-15,23-24H2,1-4H3,(H2,25,27)/t16?,17-/m0/s1. The third-order valence-corrected chi connectivity index (χ3v) is 5.86. The van der Waals surface area contributed by atoms with Gasteiger partial charge < -0.3 is 21.9 Å². The lowest BCUT2D eigenvalue weighted by Crippen LogP contribution is -2.61. The van der Waals surface area contributed by atoms with Crippen LogP contribution in [0.25, 0.3) is 0 Å². The van der Waals surface area contributed by atoms with Crippen LogP contribution < -0.4 is 17.2 Å². The first-order valence-corrected chi connectivity index (χ1v) is 11.3. The van der Waals surface area contributed by atoms with Crippen molar-refractivity contribution in [1.29, 1.82) is 0 Å². The van der Waals surface area contributed by atoms with Gasteiger partial charge in [-0.15, -0.1) is 0 Å². The Hall–Kier alpha value is -1.67. The van der Waals surface area contributed by atoms with Crippen LogP contribution in [0.1, 0.15) is 91.9 Å². The first kappa shape index (κ1) is 26.4. The molecule has 0 bridgehead atoms. The highest BCUT2D eigenvalue weighted by atomic mass is 16.6. The maximum Gasteiger partial charge on any atom is 0.417 e. The summed E-state index contributed by atoms with van der Waals surface area (Å²) in [6.45, 7) is 7.71. The maximum atomic E-state index is 13.5. The molecule has 1 rings (SSSR count). The van der Waals surface area contributed by atoms with Crippen molar-refractivity contribution < 1.29 is 19.1 Å². The van der Waals surface area contributed by atoms with E-state index in [1.807, 2.05) is 6.92 Å². The predicted molar refractivity (Wildman–Crippen MR) is 117 cm³/mol. The van der Waals surface area contributed by atoms with Crippen LogP contribution >= 0.6 is 0 Å². The number of carbonyl (C=O) groups excluding carboxylic acids is 3. The fraction of sp³-hybridized carbons (Fsp3) is 0.864. The van der Waals surface area contributed by atoms with Crippen molar-refractivity contribution in [2.45, 2.75) is 109 Å². The summed E-state index contributed by atoms with van der Waals surface area (Å²) in [6, 6.07) is -0.823. The molecule has 30 heavy (non-hydrogen) atoms. The summed E-state index contributed by atoms with van der Waals surface area (Å²) in [5.41, 5.74) is 15.8. The number of unbranched alkanes of at least 4 members (excludes halogenated alkanes) is 1. The van der Waals surface area contributed by atoms with E-state index in [2.05, 4.69) is 0 Å². The Morgan fingerprint density at radius 1 is 1.10 bits per heavy atom. The van der Waals surface area contributed by atoms with Crippen LogP contribution in [0.2, 0.25) is 0 Å². The van der Waals surface area contributed by atoms with Gasteiger partial charge in [-0.05, 0) is 65.8 Å². The number of ether oxygens (including phenoxy) is 1. The second-order valence-corrected chi connectivity index (χ2v) is 9.54. The fourth-order valence-corrected chi connectivity index (χ4v) is 4.26. The van der Waals surface area contributed by atoms with Crippen LogP contribution in [0.4, 0.5) is 4.79 Å². The molecule has 0 aromatic heterocycles. The van der Waals surface area contributed by atoms with Gasteiger partial charge >= 0.3 is 6.09 Å². The van der Waals surface area contributed by atoms with Gasteiger partial charge in [-0.25, -0.2) is 9.69 Å². The summed E-state index contributed by atoms with van der Waals surface area (Å²) < 4.78 is 5.63. The molecule has 1 fully saturated rings. The molecule has 1 aliphatic carbocycles. The van der Waals surface area contributed by atoms with Gasteiger partial charge in [0.1, 0.15) is 5.60 Å². The van der Waals surface area contributed by atoms with Gasteiger partial charge in [0.25, 0.3) is 0 Å². The van der Waals surface area contributed by atoms with Crippen molar-refractivity contribution in [3.05, 3.63) is 0 Å². The van der Waals surface area contributed by atoms with Crippen molar-refractivity contribution in [1.82, 2.24) is 4.90 Å². The van der Waals surface area contributed by atoms with Gasteiger partial charge in [-0.2, -0.15) is 0 Å². The minimum absolute atomic E-state index is 0.347. The molecule has 0 heterocycles. The first-order chi connectivity index (χ1) is 14.0. The summed E-state index contributed by atoms with van der Waals surface area (Å²) >= 11 is 0. The molecule has 0 aromatic carbocycles. The zero-order valence-electron chi connectivity index (χ0n) is 19.2. The van der Waals surface area contributed by atoms with E-state index in [1.54, 1.807) is 20.8 Å². The molecule has 6 N–H and O–H groups in total. The number of hydrogen-bond donors (Lipinski definition) is 3. The van der Waals surface area contributed by atoms with E-state index >= 15 is 0 Å². The van der Waals surface area contributed by atoms with Crippen molar-refractivity contribution >= 4 is 17.9 Å². The Kier molecular flexibility index (Phi) is 10.2. The lowest BCUT2D eigenvalue weighted by molar-refractivity contribution is -0.141. The molecule has 8 heteroatoms. The number of primary amides is 1. The molecule has 0 spiro atoms. The zero-order valence-corrected chi connectivity index (χ0v) is 19.2. The van der Waals surface area contributed by atoms with Crippen molar-refractivity contribution in [3.63, 3.8) is 0 Å². The molecule has 174 valence electrons. The van der Waals surface area contributed by atoms with Gasteiger partial charge in [0.2, 0.25) is 11.8 Å². The van der Waals surface area contributed by atoms with E-state index in [4.69, 9.17) is 21.9 Å². The average Bonchev–Trinajstić information content (AvgIpc) is 2.65. The third kappa shape index (κ3) is 7.54. The maximum absolute atomic E-state index is 13.5. The Balaban J connectivity index is 3.32. The minimum atomic E-state index is -0.823. The van der Waals surface area contributed by atoms with Gasteiger partial charge in [0.15, 0.2) is 0 Å². The summed E-state index contributed by atoms with van der Waals surface area (Å²) in [5.74, 6) is -1.27. The van der Waals surface area contributed by atoms with Gasteiger partial charge in [-0.1, -0.05) is 32.6 Å². The van der Waals surface area contributed by atoms with Gasteiger partial charge in [0, 0.05) is 5.92 Å². The number of carbonyl (C=O) groups is 3. The Bertz CT molecular complexity index is 582. The summed E-state index contributed by atoms with van der Waals surface area (Å²) in [5, 5.41) is 0. The van der Waals surface area contributed by atoms with Crippen LogP contribution in [0.15, 0.2) is 0 Å². The SMILES string of the molecule is CCC(CC1(N(C(=O)OC(C)(C)C)C(=O)[C@@H](N)CCCCN)CCCCC1)C(N)=O. The van der Waals surface area contributed by atoms with E-state index in [0.717, 1.165) is 25.7 Å². The van der Waals surface area contributed by atoms with E-state index in [9.17, 15) is 14.4 Å². The summed E-state index contributed by atoms with van der Waals surface area (Å²) in [4.78, 5) is 40.0. The zero-order chi connectivity index (χ0) is 22.9. The number of nitrogens with two attached hydrogens (primary N) is 3. The molecule has 2 atom stereocenters. The predicted octanol–water partition coefficient (Wildman–Crippen LogP) is 2.81. The number of hydrogen-bond acceptors (Lipinski definition) is 6. The average molecular weight is 427 g/mol. The lowest BCUT2D eigenvalue weighted by Gasteiger charge is -2.47. The molecule has 1 aliphatic rings. The molecule has 0 radical (unpaired) electrons. The highest BCUT2D eigenvalue weighted by molar-refractivity contribution is 5.96. The summed E-state index contributed by atoms with van der Waals surface area (Å²) in [7, 11) is 0. The first-order valence-electron chi connectivity index (χ1n) is 11.3. The second-order valence-electron chi connectivity index (χ2n) is 9.54. The summed E-state index contributed by atoms with van der Waals surface area (Å²) in [6.07, 6.45) is 6.11. The Morgan fingerprint density at radius 3 is 2.17 bits per heavy atom. The van der Waals surface area contributed by atoms with E-state index in [0.29, 0.717) is 45.1 Å². The monoisotopic (exact) mass is 426 g/mol. The number of rotatable bonds is 10. The molecule has 1 saturated carbocycles. The van der Waals surface area contributed by atoms with E-state index in [-0.39, 0.29) is 0 Å². The van der Waals surface area contributed by atoms with E-state index in [1.165, 1.54) is 4.90 Å². The molecule has 8 nitrogen and oxygen atoms in total. The van der Waals surface area contributed by atoms with Crippen LogP contribution in [0.5, 0.6) is 0 Å². The minimum Gasteiger partial charge on any atom is -0.443 e. The lowest BCUT2D eigenvalue weighted by atomic mass is 9.73. The molecule has 0 aliphatic heterocycles. The molecule has 0 saturated heterocycles. The van der Waals surface area contributed by atoms with Crippen molar-refractivity contribution in [2.24, 2.45) is 23.1 Å². The second kappa shape index (κ2) is 11.6. The molecule has 0 aromatic rings. The van der Waals surface area contributed by atoms with Crippen molar-refractivity contribution in [3.8, 4) is 0 Å².